The number of anilines is 1. The largest absolute Gasteiger partial charge is 0.369 e. The van der Waals surface area contributed by atoms with Crippen LogP contribution in [0.1, 0.15) is 28.0 Å². The first-order valence-corrected chi connectivity index (χ1v) is 10.3. The van der Waals surface area contributed by atoms with Gasteiger partial charge in [0.15, 0.2) is 0 Å². The molecular weight excluding hydrogens is 416 g/mol. The molecule has 0 bridgehead atoms. The Labute approximate surface area is 173 Å². The topological polar surface area (TPSA) is 49.3 Å². The number of fused-ring (bicyclic) bond motifs is 1. The normalized spacial score (nSPS) is 15.0. The van der Waals surface area contributed by atoms with Crippen molar-refractivity contribution in [3.8, 4) is 0 Å². The molecule has 0 atom stereocenters. The third-order valence-corrected chi connectivity index (χ3v) is 5.92. The van der Waals surface area contributed by atoms with Gasteiger partial charge in [0.05, 0.1) is 11.2 Å². The number of hydrogen-bond donors (Lipinski definition) is 0. The minimum atomic E-state index is 0.0829. The molecule has 6 heteroatoms. The van der Waals surface area contributed by atoms with Crippen molar-refractivity contribution in [2.75, 3.05) is 31.1 Å². The molecule has 2 aromatic heterocycles. The predicted octanol–water partition coefficient (Wildman–Crippen LogP) is 4.36. The molecule has 0 unspecified atom stereocenters. The lowest BCUT2D eigenvalue weighted by Gasteiger charge is -2.27. The number of hydrogen-bond acceptors (Lipinski definition) is 4. The van der Waals surface area contributed by atoms with E-state index in [4.69, 9.17) is 4.98 Å². The van der Waals surface area contributed by atoms with Crippen LogP contribution in [0.2, 0.25) is 0 Å². The molecule has 144 valence electrons. The Balaban J connectivity index is 1.64. The van der Waals surface area contributed by atoms with E-state index in [0.29, 0.717) is 12.1 Å². The van der Waals surface area contributed by atoms with Crippen LogP contribution < -0.4 is 4.90 Å². The number of nitrogens with zero attached hydrogens (tertiary/aromatic N) is 4. The lowest BCUT2D eigenvalue weighted by molar-refractivity contribution is 0.0767. The van der Waals surface area contributed by atoms with Gasteiger partial charge in [-0.1, -0.05) is 15.9 Å². The van der Waals surface area contributed by atoms with E-state index >= 15 is 0 Å². The van der Waals surface area contributed by atoms with Crippen molar-refractivity contribution < 1.29 is 4.79 Å². The fourth-order valence-corrected chi connectivity index (χ4v) is 4.22. The van der Waals surface area contributed by atoms with E-state index in [1.807, 2.05) is 11.0 Å². The van der Waals surface area contributed by atoms with Gasteiger partial charge in [0.1, 0.15) is 0 Å². The van der Waals surface area contributed by atoms with E-state index in [9.17, 15) is 4.79 Å². The SMILES string of the molecule is Cc1nc2ccc(Br)cc2c(N2CCCN(C(=O)c3ccncc3)CC2)c1C. The number of aryl methyl sites for hydroxylation is 1. The molecule has 1 amide bonds. The third kappa shape index (κ3) is 3.61. The molecule has 0 radical (unpaired) electrons. The second-order valence-electron chi connectivity index (χ2n) is 7.20. The maximum absolute atomic E-state index is 12.8. The zero-order chi connectivity index (χ0) is 19.7. The van der Waals surface area contributed by atoms with Crippen LogP contribution in [-0.2, 0) is 0 Å². The van der Waals surface area contributed by atoms with Gasteiger partial charge in [-0.25, -0.2) is 0 Å². The smallest absolute Gasteiger partial charge is 0.254 e. The first-order chi connectivity index (χ1) is 13.5. The molecule has 28 heavy (non-hydrogen) atoms. The molecule has 0 saturated carbocycles. The van der Waals surface area contributed by atoms with Crippen LogP contribution in [0.4, 0.5) is 5.69 Å². The summed E-state index contributed by atoms with van der Waals surface area (Å²) in [6.45, 7) is 7.41. The van der Waals surface area contributed by atoms with Crippen LogP contribution in [0.15, 0.2) is 47.2 Å². The van der Waals surface area contributed by atoms with Crippen molar-refractivity contribution in [3.05, 3.63) is 64.0 Å². The highest BCUT2D eigenvalue weighted by molar-refractivity contribution is 9.10. The van der Waals surface area contributed by atoms with Gasteiger partial charge in [-0.3, -0.25) is 14.8 Å². The molecule has 3 aromatic rings. The molecule has 1 aliphatic rings. The highest BCUT2D eigenvalue weighted by Crippen LogP contribution is 2.33. The maximum Gasteiger partial charge on any atom is 0.254 e. The molecule has 1 saturated heterocycles. The molecule has 1 fully saturated rings. The zero-order valence-corrected chi connectivity index (χ0v) is 17.7. The standard InChI is InChI=1S/C22H23BrN4O/c1-15-16(2)25-20-5-4-18(23)14-19(20)21(15)26-10-3-11-27(13-12-26)22(28)17-6-8-24-9-7-17/h4-9,14H,3,10-13H2,1-2H3. The summed E-state index contributed by atoms with van der Waals surface area (Å²) in [5.41, 5.74) is 5.21. The summed E-state index contributed by atoms with van der Waals surface area (Å²) >= 11 is 3.60. The summed E-state index contributed by atoms with van der Waals surface area (Å²) in [6.07, 6.45) is 4.28. The second kappa shape index (κ2) is 7.87. The summed E-state index contributed by atoms with van der Waals surface area (Å²) in [7, 11) is 0. The first-order valence-electron chi connectivity index (χ1n) is 9.55. The molecular formula is C22H23BrN4O. The Kier molecular flexibility index (Phi) is 5.31. The van der Waals surface area contributed by atoms with Crippen LogP contribution in [0, 0.1) is 13.8 Å². The minimum Gasteiger partial charge on any atom is -0.369 e. The number of carbonyl (C=O) groups excluding carboxylic acids is 1. The van der Waals surface area contributed by atoms with E-state index in [0.717, 1.165) is 47.1 Å². The quantitative estimate of drug-likeness (QED) is 0.596. The van der Waals surface area contributed by atoms with Crippen molar-refractivity contribution in [1.82, 2.24) is 14.9 Å². The zero-order valence-electron chi connectivity index (χ0n) is 16.2. The lowest BCUT2D eigenvalue weighted by atomic mass is 10.1. The molecule has 0 spiro atoms. The second-order valence-corrected chi connectivity index (χ2v) is 8.12. The average Bonchev–Trinajstić information content (AvgIpc) is 2.95. The Morgan fingerprint density at radius 3 is 2.61 bits per heavy atom. The molecule has 1 aromatic carbocycles. The number of pyridine rings is 2. The van der Waals surface area contributed by atoms with Crippen LogP contribution in [0.5, 0.6) is 0 Å². The summed E-state index contributed by atoms with van der Waals surface area (Å²) in [5, 5.41) is 1.16. The highest BCUT2D eigenvalue weighted by atomic mass is 79.9. The van der Waals surface area contributed by atoms with Crippen molar-refractivity contribution >= 4 is 38.4 Å². The van der Waals surface area contributed by atoms with Crippen molar-refractivity contribution in [3.63, 3.8) is 0 Å². The number of rotatable bonds is 2. The van der Waals surface area contributed by atoms with Gasteiger partial charge in [-0.05, 0) is 56.2 Å². The van der Waals surface area contributed by atoms with Gasteiger partial charge in [0.25, 0.3) is 5.91 Å². The molecule has 0 N–H and O–H groups in total. The summed E-state index contributed by atoms with van der Waals surface area (Å²) < 4.78 is 1.05. The summed E-state index contributed by atoms with van der Waals surface area (Å²) in [5.74, 6) is 0.0829. The Morgan fingerprint density at radius 2 is 1.82 bits per heavy atom. The van der Waals surface area contributed by atoms with E-state index in [1.54, 1.807) is 24.5 Å². The number of aromatic nitrogens is 2. The van der Waals surface area contributed by atoms with Gasteiger partial charge >= 0.3 is 0 Å². The van der Waals surface area contributed by atoms with Crippen molar-refractivity contribution in [2.24, 2.45) is 0 Å². The van der Waals surface area contributed by atoms with Crippen LogP contribution >= 0.6 is 15.9 Å². The Morgan fingerprint density at radius 1 is 1.04 bits per heavy atom. The van der Waals surface area contributed by atoms with E-state index in [1.165, 1.54) is 11.3 Å². The number of amides is 1. The predicted molar refractivity (Wildman–Crippen MR) is 116 cm³/mol. The summed E-state index contributed by atoms with van der Waals surface area (Å²) in [4.78, 5) is 26.0. The van der Waals surface area contributed by atoms with E-state index < -0.39 is 0 Å². The molecule has 3 heterocycles. The van der Waals surface area contributed by atoms with Gasteiger partial charge in [0, 0.05) is 59.7 Å². The van der Waals surface area contributed by atoms with Gasteiger partial charge in [-0.2, -0.15) is 0 Å². The molecule has 0 aliphatic carbocycles. The fourth-order valence-electron chi connectivity index (χ4n) is 3.86. The van der Waals surface area contributed by atoms with Gasteiger partial charge in [0.2, 0.25) is 0 Å². The molecule has 1 aliphatic heterocycles. The Bertz CT molecular complexity index is 1020. The van der Waals surface area contributed by atoms with Crippen LogP contribution in [0.25, 0.3) is 10.9 Å². The average molecular weight is 439 g/mol. The first kappa shape index (κ1) is 18.9. The third-order valence-electron chi connectivity index (χ3n) is 5.43. The molecule has 5 nitrogen and oxygen atoms in total. The number of benzene rings is 1. The monoisotopic (exact) mass is 438 g/mol. The lowest BCUT2D eigenvalue weighted by Crippen LogP contribution is -2.35. The summed E-state index contributed by atoms with van der Waals surface area (Å²) in [6, 6.07) is 9.81. The van der Waals surface area contributed by atoms with Gasteiger partial charge < -0.3 is 9.80 Å². The van der Waals surface area contributed by atoms with E-state index in [-0.39, 0.29) is 5.91 Å². The van der Waals surface area contributed by atoms with Crippen LogP contribution in [0.3, 0.4) is 0 Å². The van der Waals surface area contributed by atoms with Crippen molar-refractivity contribution in [1.29, 1.82) is 0 Å². The van der Waals surface area contributed by atoms with Crippen molar-refractivity contribution in [2.45, 2.75) is 20.3 Å². The van der Waals surface area contributed by atoms with E-state index in [2.05, 4.69) is 51.8 Å². The van der Waals surface area contributed by atoms with Gasteiger partial charge in [-0.15, -0.1) is 0 Å². The Hall–Kier alpha value is -2.47. The number of carbonyl (C=O) groups is 1. The minimum absolute atomic E-state index is 0.0829. The maximum atomic E-state index is 12.8. The highest BCUT2D eigenvalue weighted by Gasteiger charge is 2.23. The molecule has 4 rings (SSSR count). The number of halogens is 1. The van der Waals surface area contributed by atoms with Crippen LogP contribution in [-0.4, -0.2) is 47.0 Å². The fraction of sp³-hybridized carbons (Fsp3) is 0.318.